The van der Waals surface area contributed by atoms with Gasteiger partial charge in [0.1, 0.15) is 12.4 Å². The van der Waals surface area contributed by atoms with Crippen LogP contribution < -0.4 is 15.4 Å². The molecular formula is C20H24N2O3. The number of aliphatic hydroxyl groups excluding tert-OH is 1. The number of benzene rings is 2. The molecule has 132 valence electrons. The highest BCUT2D eigenvalue weighted by Crippen LogP contribution is 2.20. The van der Waals surface area contributed by atoms with Crippen LogP contribution >= 0.6 is 0 Å². The van der Waals surface area contributed by atoms with Crippen molar-refractivity contribution in [3.63, 3.8) is 0 Å². The number of urea groups is 1. The van der Waals surface area contributed by atoms with Crippen LogP contribution in [0, 0.1) is 0 Å². The smallest absolute Gasteiger partial charge is 0.319 e. The molecule has 0 bridgehead atoms. The molecule has 3 N–H and O–H groups in total. The Morgan fingerprint density at radius 3 is 2.56 bits per heavy atom. The van der Waals surface area contributed by atoms with E-state index in [1.807, 2.05) is 54.6 Å². The van der Waals surface area contributed by atoms with Gasteiger partial charge in [-0.05, 0) is 31.0 Å². The van der Waals surface area contributed by atoms with E-state index < -0.39 is 6.10 Å². The topological polar surface area (TPSA) is 70.6 Å². The monoisotopic (exact) mass is 340 g/mol. The summed E-state index contributed by atoms with van der Waals surface area (Å²) in [4.78, 5) is 12.3. The van der Waals surface area contributed by atoms with Crippen molar-refractivity contribution in [2.75, 3.05) is 5.32 Å². The van der Waals surface area contributed by atoms with Gasteiger partial charge in [0.25, 0.3) is 0 Å². The summed E-state index contributed by atoms with van der Waals surface area (Å²) in [6.45, 7) is 0.368. The lowest BCUT2D eigenvalue weighted by Gasteiger charge is -2.28. The number of para-hydroxylation sites is 2. The van der Waals surface area contributed by atoms with E-state index >= 15 is 0 Å². The lowest BCUT2D eigenvalue weighted by Crippen LogP contribution is -2.46. The van der Waals surface area contributed by atoms with Crippen LogP contribution in [0.25, 0.3) is 0 Å². The molecule has 0 radical (unpaired) electrons. The van der Waals surface area contributed by atoms with Gasteiger partial charge in [0.15, 0.2) is 0 Å². The van der Waals surface area contributed by atoms with E-state index in [0.717, 1.165) is 37.0 Å². The molecule has 0 aliphatic heterocycles. The van der Waals surface area contributed by atoms with Crippen LogP contribution in [0.4, 0.5) is 10.5 Å². The highest BCUT2D eigenvalue weighted by Gasteiger charge is 2.24. The average Bonchev–Trinajstić information content (AvgIpc) is 2.64. The van der Waals surface area contributed by atoms with E-state index in [2.05, 4.69) is 10.6 Å². The van der Waals surface area contributed by atoms with E-state index in [1.54, 1.807) is 0 Å². The van der Waals surface area contributed by atoms with E-state index in [0.29, 0.717) is 12.3 Å². The fourth-order valence-electron chi connectivity index (χ4n) is 3.05. The van der Waals surface area contributed by atoms with Gasteiger partial charge in [-0.1, -0.05) is 49.2 Å². The summed E-state index contributed by atoms with van der Waals surface area (Å²) in [7, 11) is 0. The number of ether oxygens (including phenoxy) is 1. The highest BCUT2D eigenvalue weighted by atomic mass is 16.5. The second-order valence-electron chi connectivity index (χ2n) is 6.32. The van der Waals surface area contributed by atoms with E-state index in [4.69, 9.17) is 4.74 Å². The molecule has 2 atom stereocenters. The van der Waals surface area contributed by atoms with Gasteiger partial charge in [0.2, 0.25) is 0 Å². The molecule has 0 saturated heterocycles. The van der Waals surface area contributed by atoms with Crippen molar-refractivity contribution >= 4 is 11.7 Å². The Hall–Kier alpha value is -2.53. The normalized spacial score (nSPS) is 19.9. The van der Waals surface area contributed by atoms with Gasteiger partial charge in [-0.2, -0.15) is 0 Å². The molecule has 1 saturated carbocycles. The van der Waals surface area contributed by atoms with Crippen molar-refractivity contribution < 1.29 is 14.6 Å². The third kappa shape index (κ3) is 4.97. The first kappa shape index (κ1) is 17.3. The molecule has 1 aliphatic rings. The molecule has 0 aromatic heterocycles. The lowest BCUT2D eigenvalue weighted by molar-refractivity contribution is 0.0955. The molecule has 2 aromatic rings. The van der Waals surface area contributed by atoms with Crippen LogP contribution in [-0.4, -0.2) is 23.3 Å². The van der Waals surface area contributed by atoms with Gasteiger partial charge in [-0.15, -0.1) is 0 Å². The number of aliphatic hydroxyl groups is 1. The van der Waals surface area contributed by atoms with Gasteiger partial charge in [-0.3, -0.25) is 0 Å². The van der Waals surface area contributed by atoms with Crippen molar-refractivity contribution in [3.05, 3.63) is 60.2 Å². The van der Waals surface area contributed by atoms with Crippen LogP contribution in [0.3, 0.4) is 0 Å². The maximum Gasteiger partial charge on any atom is 0.319 e. The summed E-state index contributed by atoms with van der Waals surface area (Å²) >= 11 is 0. The third-order valence-electron chi connectivity index (χ3n) is 4.45. The predicted octanol–water partition coefficient (Wildman–Crippen LogP) is 3.69. The minimum atomic E-state index is -0.462. The summed E-state index contributed by atoms with van der Waals surface area (Å²) < 4.78 is 5.77. The van der Waals surface area contributed by atoms with Crippen molar-refractivity contribution in [3.8, 4) is 5.75 Å². The zero-order chi connectivity index (χ0) is 17.5. The molecule has 2 amide bonds. The molecule has 5 heteroatoms. The predicted molar refractivity (Wildman–Crippen MR) is 97.6 cm³/mol. The minimum absolute atomic E-state index is 0.179. The van der Waals surface area contributed by atoms with E-state index in [-0.39, 0.29) is 12.1 Å². The van der Waals surface area contributed by atoms with Gasteiger partial charge in [0, 0.05) is 11.3 Å². The van der Waals surface area contributed by atoms with Crippen LogP contribution in [-0.2, 0) is 6.61 Å². The Kier molecular flexibility index (Phi) is 5.90. The van der Waals surface area contributed by atoms with Crippen molar-refractivity contribution in [1.29, 1.82) is 0 Å². The number of anilines is 1. The second kappa shape index (κ2) is 8.53. The van der Waals surface area contributed by atoms with Crippen molar-refractivity contribution in [2.24, 2.45) is 0 Å². The van der Waals surface area contributed by atoms with E-state index in [1.165, 1.54) is 0 Å². The number of amides is 2. The molecule has 3 rings (SSSR count). The fourth-order valence-corrected chi connectivity index (χ4v) is 3.05. The Balaban J connectivity index is 1.59. The van der Waals surface area contributed by atoms with Crippen LogP contribution in [0.5, 0.6) is 5.75 Å². The molecule has 2 aromatic carbocycles. The number of hydrogen-bond acceptors (Lipinski definition) is 3. The Labute approximate surface area is 148 Å². The standard InChI is InChI=1S/C20H24N2O3/c23-19-13-7-6-12-18(19)22-20(24)21-17-11-5-4-8-15(17)14-25-16-9-2-1-3-10-16/h1-5,8-11,18-19,23H,6-7,12-14H2,(H2,21,22,24). The van der Waals surface area contributed by atoms with Crippen molar-refractivity contribution in [1.82, 2.24) is 5.32 Å². The minimum Gasteiger partial charge on any atom is -0.489 e. The molecule has 1 fully saturated rings. The zero-order valence-electron chi connectivity index (χ0n) is 14.2. The molecule has 5 nitrogen and oxygen atoms in total. The van der Waals surface area contributed by atoms with Gasteiger partial charge in [-0.25, -0.2) is 4.79 Å². The van der Waals surface area contributed by atoms with Gasteiger partial charge in [0.05, 0.1) is 12.1 Å². The van der Waals surface area contributed by atoms with E-state index in [9.17, 15) is 9.90 Å². The second-order valence-corrected chi connectivity index (χ2v) is 6.32. The summed E-state index contributed by atoms with van der Waals surface area (Å²) in [6.07, 6.45) is 3.14. The molecular weight excluding hydrogens is 316 g/mol. The maximum absolute atomic E-state index is 12.3. The fraction of sp³-hybridized carbons (Fsp3) is 0.350. The third-order valence-corrected chi connectivity index (χ3v) is 4.45. The summed E-state index contributed by atoms with van der Waals surface area (Å²) in [6, 6.07) is 16.7. The quantitative estimate of drug-likeness (QED) is 0.777. The first-order chi connectivity index (χ1) is 12.2. The van der Waals surface area contributed by atoms with Gasteiger partial charge >= 0.3 is 6.03 Å². The lowest BCUT2D eigenvalue weighted by atomic mass is 9.93. The number of hydrogen-bond donors (Lipinski definition) is 3. The molecule has 0 heterocycles. The summed E-state index contributed by atoms with van der Waals surface area (Å²) in [5, 5.41) is 15.7. The van der Waals surface area contributed by atoms with Crippen LogP contribution in [0.15, 0.2) is 54.6 Å². The maximum atomic E-state index is 12.3. The number of carbonyl (C=O) groups is 1. The molecule has 1 aliphatic carbocycles. The molecule has 0 spiro atoms. The molecule has 25 heavy (non-hydrogen) atoms. The summed E-state index contributed by atoms with van der Waals surface area (Å²) in [5.41, 5.74) is 1.60. The summed E-state index contributed by atoms with van der Waals surface area (Å²) in [5.74, 6) is 0.784. The van der Waals surface area contributed by atoms with Crippen LogP contribution in [0.2, 0.25) is 0 Å². The van der Waals surface area contributed by atoms with Crippen LogP contribution in [0.1, 0.15) is 31.2 Å². The number of nitrogens with one attached hydrogen (secondary N) is 2. The van der Waals surface area contributed by atoms with Gasteiger partial charge < -0.3 is 20.5 Å². The van der Waals surface area contributed by atoms with Crippen molar-refractivity contribution in [2.45, 2.75) is 44.4 Å². The number of rotatable bonds is 5. The highest BCUT2D eigenvalue weighted by molar-refractivity contribution is 5.90. The Bertz CT molecular complexity index is 690. The zero-order valence-corrected chi connectivity index (χ0v) is 14.2. The Morgan fingerprint density at radius 1 is 1.04 bits per heavy atom. The largest absolute Gasteiger partial charge is 0.489 e. The SMILES string of the molecule is O=C(Nc1ccccc1COc1ccccc1)NC1CCCCC1O. The first-order valence-electron chi connectivity index (χ1n) is 8.74. The average molecular weight is 340 g/mol. The first-order valence-corrected chi connectivity index (χ1v) is 8.74. The Morgan fingerprint density at radius 2 is 1.76 bits per heavy atom. The molecule has 2 unspecified atom stereocenters. The number of carbonyl (C=O) groups excluding carboxylic acids is 1.